The summed E-state index contributed by atoms with van der Waals surface area (Å²) in [5, 5.41) is 10.6. The molecule has 4 nitrogen and oxygen atoms in total. The third-order valence-corrected chi connectivity index (χ3v) is 3.95. The summed E-state index contributed by atoms with van der Waals surface area (Å²) in [4.78, 5) is 9.97. The summed E-state index contributed by atoms with van der Waals surface area (Å²) in [7, 11) is 0. The number of rotatable bonds is 4. The number of H-pyrrole nitrogens is 1. The molecule has 20 heavy (non-hydrogen) atoms. The Labute approximate surface area is 119 Å². The number of nitrogens with one attached hydrogen (secondary N) is 1. The van der Waals surface area contributed by atoms with Crippen LogP contribution in [0.3, 0.4) is 0 Å². The van der Waals surface area contributed by atoms with Crippen molar-refractivity contribution in [2.24, 2.45) is 0 Å². The summed E-state index contributed by atoms with van der Waals surface area (Å²) in [6.45, 7) is 4.85. The quantitative estimate of drug-likeness (QED) is 0.898. The minimum atomic E-state index is -0.208. The molecule has 0 saturated carbocycles. The first-order chi connectivity index (χ1) is 9.74. The second kappa shape index (κ2) is 5.77. The first-order valence-electron chi connectivity index (χ1n) is 7.26. The van der Waals surface area contributed by atoms with Gasteiger partial charge in [-0.25, -0.2) is 4.98 Å². The smallest absolute Gasteiger partial charge is 0.137 e. The van der Waals surface area contributed by atoms with E-state index in [0.717, 1.165) is 38.1 Å². The molecule has 0 aliphatic carbocycles. The molecule has 0 fully saturated rings. The summed E-state index contributed by atoms with van der Waals surface area (Å²) >= 11 is 0. The Balaban J connectivity index is 1.73. The third-order valence-electron chi connectivity index (χ3n) is 3.95. The van der Waals surface area contributed by atoms with Gasteiger partial charge in [-0.1, -0.05) is 6.08 Å². The number of pyridine rings is 1. The lowest BCUT2D eigenvalue weighted by Crippen LogP contribution is -2.30. The average molecular weight is 271 g/mol. The van der Waals surface area contributed by atoms with Gasteiger partial charge >= 0.3 is 0 Å². The van der Waals surface area contributed by atoms with E-state index in [4.69, 9.17) is 0 Å². The first kappa shape index (κ1) is 13.3. The Bertz CT molecular complexity index is 615. The molecule has 2 N–H and O–H groups in total. The zero-order chi connectivity index (χ0) is 13.9. The van der Waals surface area contributed by atoms with Crippen LogP contribution in [0.4, 0.5) is 0 Å². The van der Waals surface area contributed by atoms with Crippen LogP contribution in [0.1, 0.15) is 25.3 Å². The topological polar surface area (TPSA) is 52.1 Å². The Kier molecular flexibility index (Phi) is 3.85. The number of hydrogen-bond donors (Lipinski definition) is 2. The zero-order valence-corrected chi connectivity index (χ0v) is 11.8. The van der Waals surface area contributed by atoms with Crippen LogP contribution in [0.15, 0.2) is 30.6 Å². The van der Waals surface area contributed by atoms with Crippen molar-refractivity contribution in [1.29, 1.82) is 0 Å². The van der Waals surface area contributed by atoms with Crippen molar-refractivity contribution in [1.82, 2.24) is 14.9 Å². The summed E-state index contributed by atoms with van der Waals surface area (Å²) < 4.78 is 0. The maximum absolute atomic E-state index is 9.35. The largest absolute Gasteiger partial charge is 0.393 e. The van der Waals surface area contributed by atoms with Crippen LogP contribution in [0.5, 0.6) is 0 Å². The highest BCUT2D eigenvalue weighted by molar-refractivity contribution is 5.90. The molecule has 1 unspecified atom stereocenters. The van der Waals surface area contributed by atoms with Crippen LogP contribution >= 0.6 is 0 Å². The zero-order valence-electron chi connectivity index (χ0n) is 11.8. The Morgan fingerprint density at radius 1 is 1.50 bits per heavy atom. The monoisotopic (exact) mass is 271 g/mol. The first-order valence-corrected chi connectivity index (χ1v) is 7.26. The Morgan fingerprint density at radius 3 is 3.15 bits per heavy atom. The average Bonchev–Trinajstić information content (AvgIpc) is 2.89. The molecule has 1 aliphatic heterocycles. The van der Waals surface area contributed by atoms with Gasteiger partial charge in [0.2, 0.25) is 0 Å². The molecule has 3 heterocycles. The highest BCUT2D eigenvalue weighted by atomic mass is 16.3. The molecule has 1 atom stereocenters. The standard InChI is InChI=1S/C16H21N3O/c1-12(20)4-8-19-9-5-13(6-10-19)15-11-18-16-14(15)3-2-7-17-16/h2-3,5,7,11-12,20H,4,6,8-10H2,1H3,(H,17,18). The van der Waals surface area contributed by atoms with Gasteiger partial charge in [-0.15, -0.1) is 0 Å². The van der Waals surface area contributed by atoms with Crippen LogP contribution in [0.25, 0.3) is 16.6 Å². The maximum Gasteiger partial charge on any atom is 0.137 e. The number of hydrogen-bond acceptors (Lipinski definition) is 3. The van der Waals surface area contributed by atoms with Gasteiger partial charge in [0.25, 0.3) is 0 Å². The van der Waals surface area contributed by atoms with Gasteiger partial charge in [0.05, 0.1) is 6.10 Å². The molecule has 0 bridgehead atoms. The summed E-state index contributed by atoms with van der Waals surface area (Å²) in [5.74, 6) is 0. The predicted molar refractivity (Wildman–Crippen MR) is 81.4 cm³/mol. The summed E-state index contributed by atoms with van der Waals surface area (Å²) in [6, 6.07) is 4.10. The molecule has 3 rings (SSSR count). The predicted octanol–water partition coefficient (Wildman–Crippen LogP) is 2.42. The van der Waals surface area contributed by atoms with E-state index in [2.05, 4.69) is 33.2 Å². The van der Waals surface area contributed by atoms with Crippen LogP contribution in [0, 0.1) is 0 Å². The summed E-state index contributed by atoms with van der Waals surface area (Å²) in [5.41, 5.74) is 3.64. The number of aliphatic hydroxyl groups is 1. The number of aromatic nitrogens is 2. The molecule has 2 aromatic heterocycles. The van der Waals surface area contributed by atoms with Crippen molar-refractivity contribution in [3.63, 3.8) is 0 Å². The van der Waals surface area contributed by atoms with Gasteiger partial charge in [-0.3, -0.25) is 4.90 Å². The molecule has 0 aromatic carbocycles. The van der Waals surface area contributed by atoms with Crippen molar-refractivity contribution in [2.45, 2.75) is 25.9 Å². The van der Waals surface area contributed by atoms with E-state index in [0.29, 0.717) is 0 Å². The lowest BCUT2D eigenvalue weighted by atomic mass is 9.99. The second-order valence-electron chi connectivity index (χ2n) is 5.52. The van der Waals surface area contributed by atoms with Gasteiger partial charge in [0.15, 0.2) is 0 Å². The molecule has 0 radical (unpaired) electrons. The van der Waals surface area contributed by atoms with Crippen molar-refractivity contribution < 1.29 is 5.11 Å². The van der Waals surface area contributed by atoms with Crippen LogP contribution in [-0.2, 0) is 0 Å². The lowest BCUT2D eigenvalue weighted by Gasteiger charge is -2.26. The van der Waals surface area contributed by atoms with Gasteiger partial charge in [-0.2, -0.15) is 0 Å². The fraction of sp³-hybridized carbons (Fsp3) is 0.438. The van der Waals surface area contributed by atoms with E-state index in [1.54, 1.807) is 0 Å². The van der Waals surface area contributed by atoms with Gasteiger partial charge < -0.3 is 10.1 Å². The van der Waals surface area contributed by atoms with Gasteiger partial charge in [0, 0.05) is 43.0 Å². The van der Waals surface area contributed by atoms with E-state index in [-0.39, 0.29) is 6.10 Å². The molecular formula is C16H21N3O. The molecule has 2 aromatic rings. The fourth-order valence-corrected chi connectivity index (χ4v) is 2.75. The minimum absolute atomic E-state index is 0.208. The lowest BCUT2D eigenvalue weighted by molar-refractivity contribution is 0.160. The van der Waals surface area contributed by atoms with E-state index in [1.165, 1.54) is 16.5 Å². The van der Waals surface area contributed by atoms with E-state index in [1.807, 2.05) is 19.2 Å². The third kappa shape index (κ3) is 2.76. The van der Waals surface area contributed by atoms with Crippen LogP contribution in [-0.4, -0.2) is 45.7 Å². The molecule has 4 heteroatoms. The second-order valence-corrected chi connectivity index (χ2v) is 5.52. The molecule has 1 aliphatic rings. The van der Waals surface area contributed by atoms with Gasteiger partial charge in [-0.05, 0) is 37.5 Å². The maximum atomic E-state index is 9.35. The number of aliphatic hydroxyl groups excluding tert-OH is 1. The van der Waals surface area contributed by atoms with Crippen molar-refractivity contribution >= 4 is 16.6 Å². The van der Waals surface area contributed by atoms with Crippen LogP contribution < -0.4 is 0 Å². The van der Waals surface area contributed by atoms with Crippen molar-refractivity contribution in [2.75, 3.05) is 19.6 Å². The Hall–Kier alpha value is -1.65. The van der Waals surface area contributed by atoms with E-state index >= 15 is 0 Å². The molecule has 106 valence electrons. The van der Waals surface area contributed by atoms with Gasteiger partial charge in [0.1, 0.15) is 5.65 Å². The molecule has 0 spiro atoms. The molecule has 0 saturated heterocycles. The highest BCUT2D eigenvalue weighted by Gasteiger charge is 2.15. The highest BCUT2D eigenvalue weighted by Crippen LogP contribution is 2.28. The minimum Gasteiger partial charge on any atom is -0.393 e. The van der Waals surface area contributed by atoms with Crippen LogP contribution in [0.2, 0.25) is 0 Å². The number of nitrogens with zero attached hydrogens (tertiary/aromatic N) is 2. The van der Waals surface area contributed by atoms with E-state index < -0.39 is 0 Å². The number of aromatic amines is 1. The van der Waals surface area contributed by atoms with Crippen molar-refractivity contribution in [3.8, 4) is 0 Å². The normalized spacial score (nSPS) is 18.2. The molecule has 0 amide bonds. The van der Waals surface area contributed by atoms with Crippen molar-refractivity contribution in [3.05, 3.63) is 36.2 Å². The SMILES string of the molecule is CC(O)CCN1CC=C(c2c[nH]c3ncccc23)CC1. The Morgan fingerprint density at radius 2 is 2.40 bits per heavy atom. The molecular weight excluding hydrogens is 250 g/mol. The fourth-order valence-electron chi connectivity index (χ4n) is 2.75. The number of fused-ring (bicyclic) bond motifs is 1. The summed E-state index contributed by atoms with van der Waals surface area (Å²) in [6.07, 6.45) is 7.88. The van der Waals surface area contributed by atoms with E-state index in [9.17, 15) is 5.11 Å².